The van der Waals surface area contributed by atoms with Gasteiger partial charge in [-0.05, 0) is 48.2 Å². The number of benzene rings is 2. The standard InChI is InChI=1S/C18H22O2.CH3.Y/c1-12-10-14(6-8-16(12)19)18(3,4)15-7-9-17(20-5)13(2)11-15;;/h6-11,19H,1-5H3;1H3;/q;-1;. The summed E-state index contributed by atoms with van der Waals surface area (Å²) < 4.78 is 5.32. The Morgan fingerprint density at radius 3 is 1.86 bits per heavy atom. The van der Waals surface area contributed by atoms with E-state index in [0.29, 0.717) is 5.75 Å². The van der Waals surface area contributed by atoms with E-state index < -0.39 is 0 Å². The third-order valence-electron chi connectivity index (χ3n) is 4.04. The number of ether oxygens (including phenoxy) is 1. The van der Waals surface area contributed by atoms with Crippen LogP contribution in [-0.2, 0) is 38.1 Å². The molecular weight excluding hydrogens is 349 g/mol. The Kier molecular flexibility index (Phi) is 7.81. The number of methoxy groups -OCH3 is 1. The monoisotopic (exact) mass is 374 g/mol. The molecular formula is C19H25O2Y-. The van der Waals surface area contributed by atoms with Crippen molar-refractivity contribution in [3.05, 3.63) is 66.1 Å². The summed E-state index contributed by atoms with van der Waals surface area (Å²) in [7, 11) is 1.69. The van der Waals surface area contributed by atoms with Gasteiger partial charge in [0.25, 0.3) is 0 Å². The molecule has 1 N–H and O–H groups in total. The molecule has 0 unspecified atom stereocenters. The zero-order valence-corrected chi connectivity index (χ0v) is 17.2. The topological polar surface area (TPSA) is 29.5 Å². The van der Waals surface area contributed by atoms with Crippen LogP contribution in [0.2, 0.25) is 0 Å². The van der Waals surface area contributed by atoms with Gasteiger partial charge in [-0.3, -0.25) is 0 Å². The second-order valence-electron chi connectivity index (χ2n) is 5.81. The van der Waals surface area contributed by atoms with E-state index in [2.05, 4.69) is 39.0 Å². The smallest absolute Gasteiger partial charge is 0.121 e. The molecule has 2 nitrogen and oxygen atoms in total. The van der Waals surface area contributed by atoms with Gasteiger partial charge < -0.3 is 17.3 Å². The summed E-state index contributed by atoms with van der Waals surface area (Å²) in [4.78, 5) is 0. The van der Waals surface area contributed by atoms with E-state index in [0.717, 1.165) is 16.9 Å². The summed E-state index contributed by atoms with van der Waals surface area (Å²) in [5.74, 6) is 1.25. The van der Waals surface area contributed by atoms with E-state index in [9.17, 15) is 5.11 Å². The number of phenols is 1. The summed E-state index contributed by atoms with van der Waals surface area (Å²) in [6.07, 6.45) is 0. The van der Waals surface area contributed by atoms with Crippen LogP contribution in [0.3, 0.4) is 0 Å². The number of aryl methyl sites for hydroxylation is 2. The first kappa shape index (κ1) is 21.1. The Hall–Kier alpha value is -0.856. The van der Waals surface area contributed by atoms with E-state index in [4.69, 9.17) is 4.74 Å². The van der Waals surface area contributed by atoms with Crippen LogP contribution in [0.25, 0.3) is 0 Å². The molecule has 2 rings (SSSR count). The molecule has 0 aliphatic rings. The molecule has 2 aromatic rings. The van der Waals surface area contributed by atoms with E-state index in [1.54, 1.807) is 13.2 Å². The maximum Gasteiger partial charge on any atom is 0.121 e. The third kappa shape index (κ3) is 4.11. The van der Waals surface area contributed by atoms with Gasteiger partial charge in [0.05, 0.1) is 7.11 Å². The minimum Gasteiger partial charge on any atom is -0.508 e. The Labute approximate surface area is 159 Å². The molecule has 0 saturated carbocycles. The predicted octanol–water partition coefficient (Wildman–Crippen LogP) is 4.79. The van der Waals surface area contributed by atoms with Crippen molar-refractivity contribution in [1.29, 1.82) is 0 Å². The average Bonchev–Trinajstić information content (AvgIpc) is 2.41. The number of rotatable bonds is 3. The maximum atomic E-state index is 9.68. The van der Waals surface area contributed by atoms with Gasteiger partial charge in [0, 0.05) is 38.1 Å². The van der Waals surface area contributed by atoms with Crippen molar-refractivity contribution < 1.29 is 42.6 Å². The molecule has 0 amide bonds. The second kappa shape index (κ2) is 8.12. The Balaban J connectivity index is 0.00000220. The van der Waals surface area contributed by atoms with Gasteiger partial charge in [-0.2, -0.15) is 0 Å². The molecule has 2 aromatic carbocycles. The molecule has 22 heavy (non-hydrogen) atoms. The van der Waals surface area contributed by atoms with Crippen LogP contribution in [0.4, 0.5) is 0 Å². The molecule has 0 fully saturated rings. The molecule has 117 valence electrons. The van der Waals surface area contributed by atoms with Crippen LogP contribution in [0.5, 0.6) is 11.5 Å². The zero-order valence-electron chi connectivity index (χ0n) is 14.4. The van der Waals surface area contributed by atoms with E-state index in [-0.39, 0.29) is 45.6 Å². The van der Waals surface area contributed by atoms with Crippen molar-refractivity contribution in [1.82, 2.24) is 0 Å². The average molecular weight is 374 g/mol. The van der Waals surface area contributed by atoms with Crippen molar-refractivity contribution in [2.45, 2.75) is 33.1 Å². The second-order valence-corrected chi connectivity index (χ2v) is 5.81. The normalized spacial score (nSPS) is 10.4. The van der Waals surface area contributed by atoms with Crippen molar-refractivity contribution in [3.8, 4) is 11.5 Å². The van der Waals surface area contributed by atoms with Crippen LogP contribution >= 0.6 is 0 Å². The molecule has 3 heteroatoms. The minimum atomic E-state index is -0.116. The molecule has 0 aliphatic heterocycles. The number of hydrogen-bond donors (Lipinski definition) is 1. The largest absolute Gasteiger partial charge is 0.508 e. The first-order valence-corrected chi connectivity index (χ1v) is 6.81. The quantitative estimate of drug-likeness (QED) is 0.783. The fourth-order valence-corrected chi connectivity index (χ4v) is 2.48. The molecule has 0 atom stereocenters. The Bertz CT molecular complexity index is 633. The summed E-state index contributed by atoms with van der Waals surface area (Å²) >= 11 is 0. The fraction of sp³-hybridized carbons (Fsp3) is 0.316. The zero-order chi connectivity index (χ0) is 14.9. The van der Waals surface area contributed by atoms with Gasteiger partial charge in [-0.25, -0.2) is 0 Å². The molecule has 0 saturated heterocycles. The first-order chi connectivity index (χ1) is 9.36. The van der Waals surface area contributed by atoms with Gasteiger partial charge >= 0.3 is 0 Å². The number of aromatic hydroxyl groups is 1. The van der Waals surface area contributed by atoms with Gasteiger partial charge in [-0.15, -0.1) is 0 Å². The Morgan fingerprint density at radius 2 is 1.41 bits per heavy atom. The molecule has 0 aromatic heterocycles. The van der Waals surface area contributed by atoms with Gasteiger partial charge in [0.2, 0.25) is 0 Å². The fourth-order valence-electron chi connectivity index (χ4n) is 2.48. The summed E-state index contributed by atoms with van der Waals surface area (Å²) in [6, 6.07) is 12.1. The molecule has 0 spiro atoms. The predicted molar refractivity (Wildman–Crippen MR) is 89.1 cm³/mol. The van der Waals surface area contributed by atoms with Crippen LogP contribution in [-0.4, -0.2) is 12.2 Å². The Morgan fingerprint density at radius 1 is 0.909 bits per heavy atom. The van der Waals surface area contributed by atoms with Crippen LogP contribution < -0.4 is 4.74 Å². The van der Waals surface area contributed by atoms with Crippen LogP contribution in [0.15, 0.2) is 36.4 Å². The summed E-state index contributed by atoms with van der Waals surface area (Å²) in [6.45, 7) is 8.37. The van der Waals surface area contributed by atoms with Gasteiger partial charge in [0.15, 0.2) is 0 Å². The van der Waals surface area contributed by atoms with Crippen LogP contribution in [0, 0.1) is 21.3 Å². The minimum absolute atomic E-state index is 0. The summed E-state index contributed by atoms with van der Waals surface area (Å²) in [5.41, 5.74) is 4.35. The van der Waals surface area contributed by atoms with Crippen molar-refractivity contribution >= 4 is 0 Å². The maximum absolute atomic E-state index is 9.68. The van der Waals surface area contributed by atoms with E-state index in [1.807, 2.05) is 19.1 Å². The van der Waals surface area contributed by atoms with Crippen molar-refractivity contribution in [2.75, 3.05) is 7.11 Å². The molecule has 0 heterocycles. The van der Waals surface area contributed by atoms with Crippen molar-refractivity contribution in [2.24, 2.45) is 0 Å². The SMILES string of the molecule is COc1ccc(C(C)(C)c2ccc(O)c(C)c2)cc1C.[CH3-].[Y]. The molecule has 0 aliphatic carbocycles. The third-order valence-corrected chi connectivity index (χ3v) is 4.04. The van der Waals surface area contributed by atoms with E-state index in [1.165, 1.54) is 11.1 Å². The first-order valence-electron chi connectivity index (χ1n) is 6.81. The van der Waals surface area contributed by atoms with Crippen molar-refractivity contribution in [3.63, 3.8) is 0 Å². The van der Waals surface area contributed by atoms with Crippen LogP contribution in [0.1, 0.15) is 36.1 Å². The van der Waals surface area contributed by atoms with Gasteiger partial charge in [0.1, 0.15) is 11.5 Å². The summed E-state index contributed by atoms with van der Waals surface area (Å²) in [5, 5.41) is 9.68. The molecule has 1 radical (unpaired) electrons. The van der Waals surface area contributed by atoms with E-state index >= 15 is 0 Å². The molecule has 0 bridgehead atoms. The number of phenolic OH excluding ortho intramolecular Hbond substituents is 1. The van der Waals surface area contributed by atoms with Gasteiger partial charge in [-0.1, -0.05) is 38.1 Å². The number of hydrogen-bond acceptors (Lipinski definition) is 2.